The SMILES string of the molecule is CCCCSCC(=O)Nc1ccc2c(c1)OC1(CCCCC1)O2. The summed E-state index contributed by atoms with van der Waals surface area (Å²) >= 11 is 1.68. The Morgan fingerprint density at radius 3 is 2.78 bits per heavy atom. The lowest BCUT2D eigenvalue weighted by molar-refractivity contribution is -0.113. The molecule has 1 fully saturated rings. The van der Waals surface area contributed by atoms with E-state index >= 15 is 0 Å². The maximum Gasteiger partial charge on any atom is 0.251 e. The largest absolute Gasteiger partial charge is 0.448 e. The van der Waals surface area contributed by atoms with Gasteiger partial charge in [0.15, 0.2) is 11.5 Å². The van der Waals surface area contributed by atoms with E-state index in [0.717, 1.165) is 55.0 Å². The molecule has 5 heteroatoms. The molecule has 3 rings (SSSR count). The summed E-state index contributed by atoms with van der Waals surface area (Å²) < 4.78 is 12.1. The highest BCUT2D eigenvalue weighted by Gasteiger charge is 2.42. The molecule has 1 aromatic carbocycles. The Hall–Kier alpha value is -1.36. The second-order valence-corrected chi connectivity index (χ2v) is 7.40. The minimum Gasteiger partial charge on any atom is -0.448 e. The molecule has 0 atom stereocenters. The molecule has 1 amide bonds. The van der Waals surface area contributed by atoms with Gasteiger partial charge in [-0.3, -0.25) is 4.79 Å². The van der Waals surface area contributed by atoms with E-state index in [4.69, 9.17) is 9.47 Å². The molecular formula is C18H25NO3S. The van der Waals surface area contributed by atoms with Gasteiger partial charge in [-0.2, -0.15) is 11.8 Å². The monoisotopic (exact) mass is 335 g/mol. The van der Waals surface area contributed by atoms with Gasteiger partial charge in [0.25, 0.3) is 5.79 Å². The van der Waals surface area contributed by atoms with E-state index in [9.17, 15) is 4.79 Å². The van der Waals surface area contributed by atoms with E-state index in [0.29, 0.717) is 5.75 Å². The van der Waals surface area contributed by atoms with Gasteiger partial charge >= 0.3 is 0 Å². The van der Waals surface area contributed by atoms with Crippen molar-refractivity contribution in [3.8, 4) is 11.5 Å². The topological polar surface area (TPSA) is 47.6 Å². The van der Waals surface area contributed by atoms with Crippen LogP contribution in [0.4, 0.5) is 5.69 Å². The molecule has 4 nitrogen and oxygen atoms in total. The molecule has 0 bridgehead atoms. The van der Waals surface area contributed by atoms with Crippen LogP contribution in [0, 0.1) is 0 Å². The van der Waals surface area contributed by atoms with Crippen LogP contribution in [0.2, 0.25) is 0 Å². The molecule has 1 aliphatic carbocycles. The molecule has 2 aliphatic rings. The maximum absolute atomic E-state index is 12.0. The summed E-state index contributed by atoms with van der Waals surface area (Å²) in [6.45, 7) is 2.16. The number of unbranched alkanes of at least 4 members (excludes halogenated alkanes) is 1. The first-order chi connectivity index (χ1) is 11.2. The number of thioether (sulfide) groups is 1. The number of nitrogens with one attached hydrogen (secondary N) is 1. The number of fused-ring (bicyclic) bond motifs is 1. The third-order valence-corrected chi connectivity index (χ3v) is 5.35. The third kappa shape index (κ3) is 4.14. The Bertz CT molecular complexity index is 555. The normalized spacial score (nSPS) is 18.1. The summed E-state index contributed by atoms with van der Waals surface area (Å²) in [5.74, 6) is 2.66. The van der Waals surface area contributed by atoms with Gasteiger partial charge in [-0.25, -0.2) is 0 Å². The van der Waals surface area contributed by atoms with Crippen molar-refractivity contribution in [2.45, 2.75) is 57.7 Å². The van der Waals surface area contributed by atoms with Crippen molar-refractivity contribution in [2.75, 3.05) is 16.8 Å². The van der Waals surface area contributed by atoms with Crippen LogP contribution in [0.5, 0.6) is 11.5 Å². The van der Waals surface area contributed by atoms with Crippen LogP contribution < -0.4 is 14.8 Å². The van der Waals surface area contributed by atoms with Crippen LogP contribution in [-0.2, 0) is 4.79 Å². The van der Waals surface area contributed by atoms with Gasteiger partial charge in [0, 0.05) is 24.6 Å². The van der Waals surface area contributed by atoms with Crippen LogP contribution in [-0.4, -0.2) is 23.2 Å². The second kappa shape index (κ2) is 7.47. The van der Waals surface area contributed by atoms with Crippen molar-refractivity contribution in [3.05, 3.63) is 18.2 Å². The Morgan fingerprint density at radius 2 is 2.00 bits per heavy atom. The van der Waals surface area contributed by atoms with E-state index in [2.05, 4.69) is 12.2 Å². The Morgan fingerprint density at radius 1 is 1.22 bits per heavy atom. The molecule has 1 aliphatic heterocycles. The molecule has 0 saturated heterocycles. The molecule has 1 saturated carbocycles. The highest BCUT2D eigenvalue weighted by Crippen LogP contribution is 2.46. The van der Waals surface area contributed by atoms with Crippen LogP contribution in [0.25, 0.3) is 0 Å². The molecule has 0 radical (unpaired) electrons. The van der Waals surface area contributed by atoms with Crippen molar-refractivity contribution in [3.63, 3.8) is 0 Å². The van der Waals surface area contributed by atoms with Crippen molar-refractivity contribution < 1.29 is 14.3 Å². The lowest BCUT2D eigenvalue weighted by Crippen LogP contribution is -2.40. The lowest BCUT2D eigenvalue weighted by Gasteiger charge is -2.31. The summed E-state index contributed by atoms with van der Waals surface area (Å²) in [5, 5.41) is 2.94. The van der Waals surface area contributed by atoms with Crippen LogP contribution in [0.1, 0.15) is 51.9 Å². The highest BCUT2D eigenvalue weighted by molar-refractivity contribution is 7.99. The Labute approximate surface area is 142 Å². The van der Waals surface area contributed by atoms with Crippen LogP contribution in [0.3, 0.4) is 0 Å². The average Bonchev–Trinajstić information content (AvgIpc) is 2.89. The standard InChI is InChI=1S/C18H25NO3S/c1-2-3-11-23-13-17(20)19-14-7-8-15-16(12-14)22-18(21-15)9-5-4-6-10-18/h7-8,12H,2-6,9-11,13H2,1H3,(H,19,20). The van der Waals surface area contributed by atoms with E-state index in [-0.39, 0.29) is 5.91 Å². The van der Waals surface area contributed by atoms with Crippen LogP contribution >= 0.6 is 11.8 Å². The van der Waals surface area contributed by atoms with Gasteiger partial charge in [0.05, 0.1) is 5.75 Å². The number of rotatable bonds is 6. The van der Waals surface area contributed by atoms with Crippen molar-refractivity contribution in [2.24, 2.45) is 0 Å². The van der Waals surface area contributed by atoms with Gasteiger partial charge in [0.1, 0.15) is 0 Å². The minimum atomic E-state index is -0.459. The summed E-state index contributed by atoms with van der Waals surface area (Å²) in [7, 11) is 0. The number of carbonyl (C=O) groups is 1. The predicted molar refractivity (Wildman–Crippen MR) is 94.4 cm³/mol. The number of amides is 1. The Kier molecular flexibility index (Phi) is 5.36. The zero-order chi connectivity index (χ0) is 16.1. The smallest absolute Gasteiger partial charge is 0.251 e. The molecule has 23 heavy (non-hydrogen) atoms. The fourth-order valence-corrected chi connectivity index (χ4v) is 3.97. The summed E-state index contributed by atoms with van der Waals surface area (Å²) in [6, 6.07) is 5.67. The summed E-state index contributed by atoms with van der Waals surface area (Å²) in [4.78, 5) is 12.0. The van der Waals surface area contributed by atoms with Gasteiger partial charge in [-0.05, 0) is 37.1 Å². The first-order valence-electron chi connectivity index (χ1n) is 8.60. The van der Waals surface area contributed by atoms with Gasteiger partial charge in [-0.15, -0.1) is 0 Å². The molecule has 1 N–H and O–H groups in total. The Balaban J connectivity index is 1.56. The minimum absolute atomic E-state index is 0.0392. The van der Waals surface area contributed by atoms with Crippen molar-refractivity contribution >= 4 is 23.4 Å². The molecule has 126 valence electrons. The van der Waals surface area contributed by atoms with Crippen LogP contribution in [0.15, 0.2) is 18.2 Å². The summed E-state index contributed by atoms with van der Waals surface area (Å²) in [6.07, 6.45) is 7.75. The first-order valence-corrected chi connectivity index (χ1v) is 9.76. The summed E-state index contributed by atoms with van der Waals surface area (Å²) in [5.41, 5.74) is 0.779. The number of hydrogen-bond acceptors (Lipinski definition) is 4. The van der Waals surface area contributed by atoms with E-state index in [1.54, 1.807) is 11.8 Å². The number of benzene rings is 1. The van der Waals surface area contributed by atoms with Gasteiger partial charge in [0.2, 0.25) is 5.91 Å². The second-order valence-electron chi connectivity index (χ2n) is 6.29. The first kappa shape index (κ1) is 16.5. The van der Waals surface area contributed by atoms with E-state index in [1.165, 1.54) is 12.8 Å². The fraction of sp³-hybridized carbons (Fsp3) is 0.611. The number of hydrogen-bond donors (Lipinski definition) is 1. The maximum atomic E-state index is 12.0. The van der Waals surface area contributed by atoms with E-state index in [1.807, 2.05) is 18.2 Å². The molecule has 1 aromatic rings. The quantitative estimate of drug-likeness (QED) is 0.772. The number of carbonyl (C=O) groups excluding carboxylic acids is 1. The molecule has 0 aromatic heterocycles. The van der Waals surface area contributed by atoms with Crippen molar-refractivity contribution in [1.82, 2.24) is 0 Å². The zero-order valence-corrected chi connectivity index (χ0v) is 14.5. The fourth-order valence-electron chi connectivity index (χ4n) is 3.07. The molecule has 0 unspecified atom stereocenters. The predicted octanol–water partition coefficient (Wildman–Crippen LogP) is 4.59. The zero-order valence-electron chi connectivity index (χ0n) is 13.7. The lowest BCUT2D eigenvalue weighted by atomic mass is 9.94. The van der Waals surface area contributed by atoms with Gasteiger partial charge in [-0.1, -0.05) is 19.8 Å². The molecule has 1 heterocycles. The highest BCUT2D eigenvalue weighted by atomic mass is 32.2. The number of anilines is 1. The molecular weight excluding hydrogens is 310 g/mol. The van der Waals surface area contributed by atoms with E-state index < -0.39 is 5.79 Å². The van der Waals surface area contributed by atoms with Crippen molar-refractivity contribution in [1.29, 1.82) is 0 Å². The third-order valence-electron chi connectivity index (χ3n) is 4.31. The molecule has 1 spiro atoms. The van der Waals surface area contributed by atoms with Gasteiger partial charge < -0.3 is 14.8 Å². The number of ether oxygens (including phenoxy) is 2. The average molecular weight is 335 g/mol.